The van der Waals surface area contributed by atoms with Crippen LogP contribution < -0.4 is 10.6 Å². The number of amides is 2. The van der Waals surface area contributed by atoms with Crippen LogP contribution >= 0.6 is 0 Å². The molecule has 0 spiro atoms. The fourth-order valence-electron chi connectivity index (χ4n) is 5.19. The molecule has 5 heterocycles. The first-order valence-electron chi connectivity index (χ1n) is 12.1. The first kappa shape index (κ1) is 22.5. The number of nitrogens with one attached hydrogen (secondary N) is 2. The molecule has 4 aromatic rings. The molecule has 2 N–H and O–H groups in total. The van der Waals surface area contributed by atoms with Crippen molar-refractivity contribution in [1.29, 1.82) is 0 Å². The number of fused-ring (bicyclic) bond motifs is 2. The Morgan fingerprint density at radius 2 is 2.11 bits per heavy atom. The summed E-state index contributed by atoms with van der Waals surface area (Å²) in [4.78, 5) is 36.6. The van der Waals surface area contributed by atoms with Crippen LogP contribution in [-0.2, 0) is 9.53 Å². The molecule has 2 aliphatic rings. The number of nitrogens with zero attached hydrogens (tertiary/aromatic N) is 6. The van der Waals surface area contributed by atoms with Gasteiger partial charge in [-0.05, 0) is 25.0 Å². The van der Waals surface area contributed by atoms with Crippen LogP contribution in [0.15, 0.2) is 36.8 Å². The van der Waals surface area contributed by atoms with Crippen molar-refractivity contribution in [2.75, 3.05) is 33.1 Å². The van der Waals surface area contributed by atoms with E-state index in [1.54, 1.807) is 28.9 Å². The van der Waals surface area contributed by atoms with E-state index in [1.165, 1.54) is 0 Å². The van der Waals surface area contributed by atoms with Crippen molar-refractivity contribution in [3.63, 3.8) is 0 Å². The number of methoxy groups -OCH3 is 1. The van der Waals surface area contributed by atoms with E-state index in [2.05, 4.69) is 25.3 Å². The molecule has 11 nitrogen and oxygen atoms in total. The topological polar surface area (TPSA) is 119 Å². The molecule has 1 saturated carbocycles. The zero-order valence-corrected chi connectivity index (χ0v) is 20.4. The smallest absolute Gasteiger partial charge is 0.257 e. The zero-order valence-electron chi connectivity index (χ0n) is 20.4. The third-order valence-electron chi connectivity index (χ3n) is 7.38. The minimum atomic E-state index is -0.222. The van der Waals surface area contributed by atoms with Crippen molar-refractivity contribution in [1.82, 2.24) is 34.4 Å². The molecule has 1 aliphatic heterocycles. The first-order chi connectivity index (χ1) is 17.5. The van der Waals surface area contributed by atoms with E-state index in [0.29, 0.717) is 35.7 Å². The first-order valence-corrected chi connectivity index (χ1v) is 12.1. The second-order valence-corrected chi connectivity index (χ2v) is 9.46. The number of carbonyl (C=O) groups excluding carboxylic acids is 2. The van der Waals surface area contributed by atoms with Gasteiger partial charge in [0.1, 0.15) is 17.0 Å². The van der Waals surface area contributed by atoms with Gasteiger partial charge in [0.25, 0.3) is 5.91 Å². The molecular formula is C25H28N8O3. The Morgan fingerprint density at radius 1 is 1.25 bits per heavy atom. The van der Waals surface area contributed by atoms with Crippen molar-refractivity contribution in [3.05, 3.63) is 42.4 Å². The second kappa shape index (κ2) is 8.59. The normalized spacial score (nSPS) is 21.8. The van der Waals surface area contributed by atoms with Gasteiger partial charge >= 0.3 is 0 Å². The highest BCUT2D eigenvalue weighted by Crippen LogP contribution is 2.35. The number of likely N-dealkylation sites (tertiary alicyclic amines) is 1. The molecule has 3 atom stereocenters. The van der Waals surface area contributed by atoms with E-state index in [1.807, 2.05) is 38.5 Å². The molecule has 36 heavy (non-hydrogen) atoms. The molecule has 1 aliphatic carbocycles. The van der Waals surface area contributed by atoms with Gasteiger partial charge in [-0.1, -0.05) is 0 Å². The second-order valence-electron chi connectivity index (χ2n) is 9.46. The molecule has 11 heteroatoms. The maximum Gasteiger partial charge on any atom is 0.257 e. The Balaban J connectivity index is 1.44. The highest BCUT2D eigenvalue weighted by atomic mass is 16.5. The Kier molecular flexibility index (Phi) is 5.36. The number of rotatable bonds is 6. The molecule has 0 aromatic carbocycles. The van der Waals surface area contributed by atoms with Gasteiger partial charge in [0.05, 0.1) is 30.1 Å². The summed E-state index contributed by atoms with van der Waals surface area (Å²) in [6, 6.07) is 5.79. The van der Waals surface area contributed by atoms with Gasteiger partial charge in [-0.15, -0.1) is 0 Å². The van der Waals surface area contributed by atoms with Crippen LogP contribution in [0.25, 0.3) is 27.9 Å². The summed E-state index contributed by atoms with van der Waals surface area (Å²) in [5, 5.41) is 11.6. The van der Waals surface area contributed by atoms with Crippen LogP contribution in [0.1, 0.15) is 35.7 Å². The number of pyridine rings is 1. The number of hydrogen-bond acceptors (Lipinski definition) is 7. The quantitative estimate of drug-likeness (QED) is 0.427. The summed E-state index contributed by atoms with van der Waals surface area (Å²) < 4.78 is 9.13. The minimum absolute atomic E-state index is 0.00587. The van der Waals surface area contributed by atoms with E-state index < -0.39 is 0 Å². The summed E-state index contributed by atoms with van der Waals surface area (Å²) >= 11 is 0. The molecule has 1 unspecified atom stereocenters. The number of aromatic nitrogens is 5. The van der Waals surface area contributed by atoms with Crippen LogP contribution in [-0.4, -0.2) is 80.8 Å². The minimum Gasteiger partial charge on any atom is -0.379 e. The number of carbonyl (C=O) groups is 2. The number of likely N-dealkylation sites (N-methyl/N-ethyl adjacent to an activating group) is 1. The predicted molar refractivity (Wildman–Crippen MR) is 134 cm³/mol. The number of ether oxygens (including phenoxy) is 1. The highest BCUT2D eigenvalue weighted by Gasteiger charge is 2.33. The predicted octanol–water partition coefficient (Wildman–Crippen LogP) is 2.10. The summed E-state index contributed by atoms with van der Waals surface area (Å²) in [5.74, 6) is 0.599. The molecule has 0 radical (unpaired) electrons. The lowest BCUT2D eigenvalue weighted by Gasteiger charge is -2.35. The number of hydrogen-bond donors (Lipinski definition) is 2. The molecule has 2 fully saturated rings. The van der Waals surface area contributed by atoms with Crippen LogP contribution in [0.4, 0.5) is 5.82 Å². The van der Waals surface area contributed by atoms with E-state index >= 15 is 0 Å². The Hall–Kier alpha value is -3.99. The van der Waals surface area contributed by atoms with E-state index in [4.69, 9.17) is 9.72 Å². The van der Waals surface area contributed by atoms with Crippen molar-refractivity contribution in [3.8, 4) is 11.3 Å². The van der Waals surface area contributed by atoms with Crippen molar-refractivity contribution >= 4 is 34.3 Å². The Labute approximate surface area is 207 Å². The number of anilines is 1. The maximum absolute atomic E-state index is 13.2. The lowest BCUT2D eigenvalue weighted by Crippen LogP contribution is -2.51. The lowest BCUT2D eigenvalue weighted by atomic mass is 9.89. The van der Waals surface area contributed by atoms with Gasteiger partial charge in [-0.3, -0.25) is 9.59 Å². The van der Waals surface area contributed by atoms with Crippen LogP contribution in [0.3, 0.4) is 0 Å². The van der Waals surface area contributed by atoms with Crippen molar-refractivity contribution in [2.45, 2.75) is 37.5 Å². The van der Waals surface area contributed by atoms with Crippen molar-refractivity contribution < 1.29 is 14.3 Å². The average Bonchev–Trinajstić information content (AvgIpc) is 3.56. The summed E-state index contributed by atoms with van der Waals surface area (Å²) in [6.07, 6.45) is 7.60. The summed E-state index contributed by atoms with van der Waals surface area (Å²) in [7, 11) is 5.29. The molecular weight excluding hydrogens is 460 g/mol. The molecule has 1 saturated heterocycles. The summed E-state index contributed by atoms with van der Waals surface area (Å²) in [5.41, 5.74) is 3.23. The lowest BCUT2D eigenvalue weighted by molar-refractivity contribution is -0.126. The third-order valence-corrected chi connectivity index (χ3v) is 7.38. The molecule has 0 bridgehead atoms. The van der Waals surface area contributed by atoms with Gasteiger partial charge in [-0.2, -0.15) is 9.61 Å². The van der Waals surface area contributed by atoms with E-state index in [0.717, 1.165) is 29.4 Å². The Morgan fingerprint density at radius 3 is 2.81 bits per heavy atom. The van der Waals surface area contributed by atoms with Gasteiger partial charge in [0, 0.05) is 63.6 Å². The van der Waals surface area contributed by atoms with E-state index in [-0.39, 0.29) is 30.0 Å². The standard InChI is InChI=1S/C25H28N8O3/c1-26-21-10-19(29-24-16(11-28-33(21)24)25(35)30-18-6-7-20(18)36-3)17-13-32(14-9-22(34)31(2)12-14)23-15(17)5-4-8-27-23/h4-5,8,10-11,13-14,18,20,26H,6-7,9,12H2,1-3H3,(H,30,35)/t14-,18?,20-/m0/s1. The SMILES string of the molecule is CNc1cc(-c2cn([C@H]3CC(=O)N(C)C3)c3ncccc23)nc2c(C(=O)NC3CC[C@@H]3OC)cnn12. The van der Waals surface area contributed by atoms with Gasteiger partial charge in [-0.25, -0.2) is 9.97 Å². The molecule has 6 rings (SSSR count). The molecule has 2 amide bonds. The fourth-order valence-corrected chi connectivity index (χ4v) is 5.19. The third kappa shape index (κ3) is 3.49. The molecule has 186 valence electrons. The van der Waals surface area contributed by atoms with Gasteiger partial charge < -0.3 is 24.8 Å². The maximum atomic E-state index is 13.2. The zero-order chi connectivity index (χ0) is 25.0. The van der Waals surface area contributed by atoms with Crippen LogP contribution in [0, 0.1) is 0 Å². The fraction of sp³-hybridized carbons (Fsp3) is 0.400. The monoisotopic (exact) mass is 488 g/mol. The largest absolute Gasteiger partial charge is 0.379 e. The van der Waals surface area contributed by atoms with Crippen LogP contribution in [0.2, 0.25) is 0 Å². The Bertz CT molecular complexity index is 1490. The van der Waals surface area contributed by atoms with Gasteiger partial charge in [0.2, 0.25) is 5.91 Å². The molecule has 4 aromatic heterocycles. The summed E-state index contributed by atoms with van der Waals surface area (Å²) in [6.45, 7) is 0.628. The van der Waals surface area contributed by atoms with Gasteiger partial charge in [0.15, 0.2) is 5.65 Å². The van der Waals surface area contributed by atoms with Crippen LogP contribution in [0.5, 0.6) is 0 Å². The average molecular weight is 489 g/mol. The highest BCUT2D eigenvalue weighted by molar-refractivity contribution is 6.01. The van der Waals surface area contributed by atoms with Crippen molar-refractivity contribution in [2.24, 2.45) is 0 Å². The van der Waals surface area contributed by atoms with E-state index in [9.17, 15) is 9.59 Å².